The Kier molecular flexibility index (Phi) is 4.63. The van der Waals surface area contributed by atoms with Crippen molar-refractivity contribution in [3.8, 4) is 0 Å². The number of nitrogens with zero attached hydrogens (tertiary/aromatic N) is 4. The molecule has 0 saturated carbocycles. The lowest BCUT2D eigenvalue weighted by molar-refractivity contribution is 0.0813. The molecule has 2 aromatic heterocycles. The molecule has 0 atom stereocenters. The van der Waals surface area contributed by atoms with E-state index in [9.17, 15) is 9.59 Å². The Morgan fingerprint density at radius 2 is 2.19 bits per heavy atom. The average Bonchev–Trinajstić information content (AvgIpc) is 2.98. The van der Waals surface area contributed by atoms with Crippen LogP contribution in [0.1, 0.15) is 36.3 Å². The molecule has 2 rings (SSSR count). The monoisotopic (exact) mass is 311 g/mol. The third kappa shape index (κ3) is 3.24. The summed E-state index contributed by atoms with van der Waals surface area (Å²) < 4.78 is 7.67. The molecule has 0 spiro atoms. The molecule has 8 nitrogen and oxygen atoms in total. The maximum atomic E-state index is 12.0. The van der Waals surface area contributed by atoms with E-state index in [0.717, 1.165) is 4.74 Å². The van der Waals surface area contributed by atoms with E-state index in [0.29, 0.717) is 16.7 Å². The Hall–Kier alpha value is -1.87. The highest BCUT2D eigenvalue weighted by atomic mass is 32.2. The fraction of sp³-hybridized carbons (Fsp3) is 0.500. The summed E-state index contributed by atoms with van der Waals surface area (Å²) in [4.78, 5) is 23.5. The first-order valence-corrected chi connectivity index (χ1v) is 7.42. The molecule has 114 valence electrons. The van der Waals surface area contributed by atoms with Crippen LogP contribution in [0, 0.1) is 6.92 Å². The molecule has 0 unspecified atom stereocenters. The third-order valence-electron chi connectivity index (χ3n) is 2.75. The summed E-state index contributed by atoms with van der Waals surface area (Å²) >= 11 is 1.20. The molecule has 0 saturated heterocycles. The zero-order valence-electron chi connectivity index (χ0n) is 12.1. The zero-order valence-corrected chi connectivity index (χ0v) is 12.9. The second kappa shape index (κ2) is 6.27. The fourth-order valence-electron chi connectivity index (χ4n) is 1.87. The van der Waals surface area contributed by atoms with E-state index in [1.54, 1.807) is 6.92 Å². The molecule has 2 N–H and O–H groups in total. The van der Waals surface area contributed by atoms with E-state index in [4.69, 9.17) is 10.3 Å². The van der Waals surface area contributed by atoms with Crippen molar-refractivity contribution in [3.63, 3.8) is 0 Å². The Balaban J connectivity index is 2.13. The standard InChI is InChI=1S/C12H17N5O3S/c1-7(2)16-9(5-13)14-15-12(16)21-6-11(19)17-10(18)4-8(3)20-17/h4,7H,5-6,13H2,1-3H3. The average molecular weight is 311 g/mol. The molecule has 0 aliphatic rings. The molecular weight excluding hydrogens is 294 g/mol. The van der Waals surface area contributed by atoms with Gasteiger partial charge in [0.05, 0.1) is 12.3 Å². The third-order valence-corrected chi connectivity index (χ3v) is 3.68. The maximum absolute atomic E-state index is 12.0. The van der Waals surface area contributed by atoms with E-state index in [2.05, 4.69) is 10.2 Å². The minimum absolute atomic E-state index is 0.0300. The van der Waals surface area contributed by atoms with Crippen molar-refractivity contribution in [1.29, 1.82) is 0 Å². The summed E-state index contributed by atoms with van der Waals surface area (Å²) in [5.41, 5.74) is 5.14. The highest BCUT2D eigenvalue weighted by Gasteiger charge is 2.17. The van der Waals surface area contributed by atoms with Gasteiger partial charge < -0.3 is 14.8 Å². The molecule has 9 heteroatoms. The summed E-state index contributed by atoms with van der Waals surface area (Å²) in [6.07, 6.45) is 0. The van der Waals surface area contributed by atoms with Crippen LogP contribution in [-0.4, -0.2) is 31.2 Å². The number of carbonyl (C=O) groups is 1. The summed E-state index contributed by atoms with van der Waals surface area (Å²) in [5.74, 6) is 0.647. The van der Waals surface area contributed by atoms with Crippen LogP contribution in [0.5, 0.6) is 0 Å². The fourth-order valence-corrected chi connectivity index (χ4v) is 2.79. The molecule has 0 bridgehead atoms. The van der Waals surface area contributed by atoms with Crippen LogP contribution in [0.3, 0.4) is 0 Å². The highest BCUT2D eigenvalue weighted by Crippen LogP contribution is 2.21. The lowest BCUT2D eigenvalue weighted by Gasteiger charge is -2.12. The molecule has 0 fully saturated rings. The predicted octanol–water partition coefficient (Wildman–Crippen LogP) is 0.813. The van der Waals surface area contributed by atoms with Crippen LogP contribution < -0.4 is 11.3 Å². The number of thioether (sulfide) groups is 1. The van der Waals surface area contributed by atoms with E-state index >= 15 is 0 Å². The van der Waals surface area contributed by atoms with Crippen molar-refractivity contribution in [2.45, 2.75) is 38.5 Å². The summed E-state index contributed by atoms with van der Waals surface area (Å²) in [6, 6.07) is 1.40. The maximum Gasteiger partial charge on any atom is 0.290 e. The highest BCUT2D eigenvalue weighted by molar-refractivity contribution is 7.99. The minimum Gasteiger partial charge on any atom is -0.373 e. The molecule has 2 heterocycles. The van der Waals surface area contributed by atoms with E-state index in [1.165, 1.54) is 17.8 Å². The lowest BCUT2D eigenvalue weighted by atomic mass is 10.4. The van der Waals surface area contributed by atoms with Crippen LogP contribution in [0.2, 0.25) is 0 Å². The molecule has 2 aromatic rings. The number of hydrogen-bond acceptors (Lipinski definition) is 7. The molecule has 0 aliphatic carbocycles. The van der Waals surface area contributed by atoms with Crippen molar-refractivity contribution in [2.24, 2.45) is 5.73 Å². The van der Waals surface area contributed by atoms with Crippen molar-refractivity contribution >= 4 is 17.7 Å². The normalized spacial score (nSPS) is 11.3. The summed E-state index contributed by atoms with van der Waals surface area (Å²) in [7, 11) is 0. The van der Waals surface area contributed by atoms with Gasteiger partial charge in [-0.1, -0.05) is 11.8 Å². The molecule has 0 amide bonds. The minimum atomic E-state index is -0.467. The Bertz CT molecular complexity index is 700. The number of aromatic nitrogens is 4. The van der Waals surface area contributed by atoms with Crippen molar-refractivity contribution in [1.82, 2.24) is 19.5 Å². The molecule has 21 heavy (non-hydrogen) atoms. The second-order valence-corrected chi connectivity index (χ2v) is 5.67. The zero-order chi connectivity index (χ0) is 15.6. The molecular formula is C12H17N5O3S. The van der Waals surface area contributed by atoms with Gasteiger partial charge in [0.15, 0.2) is 5.16 Å². The van der Waals surface area contributed by atoms with Crippen LogP contribution in [0.25, 0.3) is 0 Å². The summed E-state index contributed by atoms with van der Waals surface area (Å²) in [5, 5.41) is 8.61. The predicted molar refractivity (Wildman–Crippen MR) is 77.4 cm³/mol. The number of aryl methyl sites for hydroxylation is 1. The van der Waals surface area contributed by atoms with Crippen molar-refractivity contribution in [3.05, 3.63) is 28.0 Å². The number of nitrogens with two attached hydrogens (primary N) is 1. The molecule has 0 aliphatic heterocycles. The van der Waals surface area contributed by atoms with Gasteiger partial charge >= 0.3 is 0 Å². The Morgan fingerprint density at radius 1 is 1.48 bits per heavy atom. The van der Waals surface area contributed by atoms with Gasteiger partial charge in [-0.3, -0.25) is 9.59 Å². The first kappa shape index (κ1) is 15.5. The van der Waals surface area contributed by atoms with Crippen molar-refractivity contribution < 1.29 is 9.32 Å². The SMILES string of the molecule is Cc1cc(=O)n(C(=O)CSc2nnc(CN)n2C(C)C)o1. The lowest BCUT2D eigenvalue weighted by Crippen LogP contribution is -2.23. The molecule has 0 aromatic carbocycles. The molecule has 0 radical (unpaired) electrons. The van der Waals surface area contributed by atoms with Gasteiger partial charge in [0.2, 0.25) is 0 Å². The topological polar surface area (TPSA) is 109 Å². The summed E-state index contributed by atoms with van der Waals surface area (Å²) in [6.45, 7) is 5.85. The van der Waals surface area contributed by atoms with Gasteiger partial charge in [0, 0.05) is 12.1 Å². The largest absolute Gasteiger partial charge is 0.373 e. The van der Waals surface area contributed by atoms with Gasteiger partial charge in [-0.25, -0.2) is 0 Å². The van der Waals surface area contributed by atoms with Gasteiger partial charge in [-0.15, -0.1) is 14.9 Å². The second-order valence-electron chi connectivity index (χ2n) is 4.73. The van der Waals surface area contributed by atoms with E-state index < -0.39 is 11.5 Å². The number of hydrogen-bond donors (Lipinski definition) is 1. The number of rotatable bonds is 5. The van der Waals surface area contributed by atoms with Crippen LogP contribution in [-0.2, 0) is 6.54 Å². The van der Waals surface area contributed by atoms with Crippen molar-refractivity contribution in [2.75, 3.05) is 5.75 Å². The smallest absolute Gasteiger partial charge is 0.290 e. The van der Waals surface area contributed by atoms with Crippen LogP contribution in [0.4, 0.5) is 0 Å². The van der Waals surface area contributed by atoms with E-state index in [1.807, 2.05) is 18.4 Å². The number of carbonyl (C=O) groups excluding carboxylic acids is 1. The van der Waals surface area contributed by atoms with Gasteiger partial charge in [0.1, 0.15) is 11.6 Å². The Labute approximate surface area is 125 Å². The quantitative estimate of drug-likeness (QED) is 0.814. The van der Waals surface area contributed by atoms with Gasteiger partial charge in [-0.2, -0.15) is 0 Å². The van der Waals surface area contributed by atoms with Gasteiger partial charge in [0.25, 0.3) is 11.5 Å². The van der Waals surface area contributed by atoms with Crippen LogP contribution >= 0.6 is 11.8 Å². The van der Waals surface area contributed by atoms with Crippen LogP contribution in [0.15, 0.2) is 20.5 Å². The Morgan fingerprint density at radius 3 is 2.71 bits per heavy atom. The first-order valence-electron chi connectivity index (χ1n) is 6.43. The van der Waals surface area contributed by atoms with Gasteiger partial charge in [-0.05, 0) is 20.8 Å². The first-order chi connectivity index (χ1) is 9.93. The van der Waals surface area contributed by atoms with E-state index in [-0.39, 0.29) is 18.3 Å².